The number of para-hydroxylation sites is 1. The summed E-state index contributed by atoms with van der Waals surface area (Å²) in [6.45, 7) is 2.04. The zero-order valence-corrected chi connectivity index (χ0v) is 14.1. The summed E-state index contributed by atoms with van der Waals surface area (Å²) in [5, 5.41) is 17.3. The fraction of sp³-hybridized carbons (Fsp3) is 0.286. The van der Waals surface area contributed by atoms with E-state index < -0.39 is 0 Å². The van der Waals surface area contributed by atoms with Crippen molar-refractivity contribution < 1.29 is 9.15 Å². The van der Waals surface area contributed by atoms with Crippen LogP contribution >= 0.6 is 23.4 Å². The number of aromatic nitrogens is 5. The largest absolute Gasteiger partial charge is 0.484 e. The van der Waals surface area contributed by atoms with Crippen LogP contribution in [-0.2, 0) is 19.4 Å². The molecule has 0 radical (unpaired) electrons. The van der Waals surface area contributed by atoms with Crippen LogP contribution in [0.1, 0.15) is 17.6 Å². The molecule has 0 aliphatic carbocycles. The van der Waals surface area contributed by atoms with Crippen molar-refractivity contribution in [1.29, 1.82) is 0 Å². The van der Waals surface area contributed by atoms with E-state index in [1.165, 1.54) is 11.8 Å². The number of thioether (sulfide) groups is 1. The first-order chi connectivity index (χ1) is 11.1. The van der Waals surface area contributed by atoms with Crippen molar-refractivity contribution in [3.63, 3.8) is 0 Å². The molecule has 3 aromatic rings. The summed E-state index contributed by atoms with van der Waals surface area (Å²) < 4.78 is 12.9. The number of aryl methyl sites for hydroxylation is 1. The Bertz CT molecular complexity index is 804. The average Bonchev–Trinajstić information content (AvgIpc) is 3.11. The minimum Gasteiger partial charge on any atom is -0.484 e. The third-order valence-corrected chi connectivity index (χ3v) is 4.33. The van der Waals surface area contributed by atoms with Crippen molar-refractivity contribution in [1.82, 2.24) is 25.0 Å². The van der Waals surface area contributed by atoms with Gasteiger partial charge in [0.25, 0.3) is 0 Å². The van der Waals surface area contributed by atoms with E-state index in [9.17, 15) is 0 Å². The summed E-state index contributed by atoms with van der Waals surface area (Å²) in [5.41, 5.74) is 0. The molecule has 0 saturated heterocycles. The van der Waals surface area contributed by atoms with Gasteiger partial charge in [0.15, 0.2) is 11.0 Å². The van der Waals surface area contributed by atoms with Crippen LogP contribution in [0, 0.1) is 6.92 Å². The van der Waals surface area contributed by atoms with Crippen molar-refractivity contribution in [2.45, 2.75) is 24.4 Å². The molecule has 0 amide bonds. The van der Waals surface area contributed by atoms with Crippen LogP contribution < -0.4 is 4.74 Å². The highest BCUT2D eigenvalue weighted by atomic mass is 35.5. The average molecular weight is 352 g/mol. The molecular formula is C14H14ClN5O2S. The van der Waals surface area contributed by atoms with Gasteiger partial charge in [0, 0.05) is 14.0 Å². The number of rotatable bonds is 6. The Hall–Kier alpha value is -2.06. The highest BCUT2D eigenvalue weighted by Crippen LogP contribution is 2.25. The number of halogens is 1. The van der Waals surface area contributed by atoms with Gasteiger partial charge >= 0.3 is 0 Å². The highest BCUT2D eigenvalue weighted by molar-refractivity contribution is 7.98. The van der Waals surface area contributed by atoms with Gasteiger partial charge < -0.3 is 13.7 Å². The molecule has 0 unspecified atom stereocenters. The Morgan fingerprint density at radius 1 is 1.22 bits per heavy atom. The topological polar surface area (TPSA) is 78.9 Å². The van der Waals surface area contributed by atoms with Crippen LogP contribution in [0.25, 0.3) is 0 Å². The van der Waals surface area contributed by atoms with Crippen LogP contribution in [0.5, 0.6) is 5.75 Å². The molecule has 0 atom stereocenters. The SMILES string of the molecule is Cc1nnc(CSc2nnc(COc3ccccc3Cl)n2C)o1. The first-order valence-electron chi connectivity index (χ1n) is 6.81. The Morgan fingerprint density at radius 3 is 2.78 bits per heavy atom. The van der Waals surface area contributed by atoms with Gasteiger partial charge in [0.1, 0.15) is 12.4 Å². The Morgan fingerprint density at radius 2 is 2.04 bits per heavy atom. The molecule has 0 aliphatic rings. The van der Waals surface area contributed by atoms with Crippen molar-refractivity contribution >= 4 is 23.4 Å². The first kappa shape index (κ1) is 15.8. The second-order valence-electron chi connectivity index (χ2n) is 4.68. The van der Waals surface area contributed by atoms with E-state index in [1.54, 1.807) is 13.0 Å². The van der Waals surface area contributed by atoms with E-state index >= 15 is 0 Å². The number of nitrogens with zero attached hydrogens (tertiary/aromatic N) is 5. The van der Waals surface area contributed by atoms with Gasteiger partial charge in [-0.25, -0.2) is 0 Å². The molecule has 7 nitrogen and oxygen atoms in total. The van der Waals surface area contributed by atoms with E-state index in [0.29, 0.717) is 34.1 Å². The molecule has 0 spiro atoms. The van der Waals surface area contributed by atoms with Gasteiger partial charge in [-0.2, -0.15) is 0 Å². The Kier molecular flexibility index (Phi) is 4.82. The molecule has 9 heteroatoms. The summed E-state index contributed by atoms with van der Waals surface area (Å²) in [6, 6.07) is 7.31. The molecule has 0 fully saturated rings. The molecule has 120 valence electrons. The number of ether oxygens (including phenoxy) is 1. The summed E-state index contributed by atoms with van der Waals surface area (Å²) in [5.74, 6) is 2.97. The lowest BCUT2D eigenvalue weighted by Gasteiger charge is -2.07. The van der Waals surface area contributed by atoms with E-state index in [2.05, 4.69) is 20.4 Å². The molecule has 3 rings (SSSR count). The first-order valence-corrected chi connectivity index (χ1v) is 8.17. The van der Waals surface area contributed by atoms with Crippen molar-refractivity contribution in [3.8, 4) is 5.75 Å². The van der Waals surface area contributed by atoms with E-state index in [0.717, 1.165) is 5.16 Å². The number of benzene rings is 1. The van der Waals surface area contributed by atoms with E-state index in [4.69, 9.17) is 20.8 Å². The summed E-state index contributed by atoms with van der Waals surface area (Å²) in [7, 11) is 1.88. The van der Waals surface area contributed by atoms with Crippen LogP contribution in [0.4, 0.5) is 0 Å². The third-order valence-electron chi connectivity index (χ3n) is 3.01. The minimum atomic E-state index is 0.285. The predicted octanol–water partition coefficient (Wildman–Crippen LogP) is 3.03. The quantitative estimate of drug-likeness (QED) is 0.631. The fourth-order valence-corrected chi connectivity index (χ4v) is 2.78. The maximum atomic E-state index is 6.06. The molecule has 0 saturated carbocycles. The molecule has 2 heterocycles. The number of hydrogen-bond acceptors (Lipinski definition) is 7. The van der Waals surface area contributed by atoms with E-state index in [1.807, 2.05) is 29.8 Å². The van der Waals surface area contributed by atoms with Gasteiger partial charge in [-0.3, -0.25) is 0 Å². The minimum absolute atomic E-state index is 0.285. The van der Waals surface area contributed by atoms with Crippen molar-refractivity contribution in [2.24, 2.45) is 7.05 Å². The second-order valence-corrected chi connectivity index (χ2v) is 6.03. The maximum Gasteiger partial charge on any atom is 0.226 e. The van der Waals surface area contributed by atoms with Crippen LogP contribution in [0.2, 0.25) is 5.02 Å². The van der Waals surface area contributed by atoms with Crippen LogP contribution in [0.3, 0.4) is 0 Å². The van der Waals surface area contributed by atoms with Crippen molar-refractivity contribution in [2.75, 3.05) is 0 Å². The van der Waals surface area contributed by atoms with Gasteiger partial charge in [0.2, 0.25) is 11.8 Å². The molecule has 0 aliphatic heterocycles. The molecule has 2 aromatic heterocycles. The maximum absolute atomic E-state index is 6.06. The van der Waals surface area contributed by atoms with Crippen LogP contribution in [-0.4, -0.2) is 25.0 Å². The smallest absolute Gasteiger partial charge is 0.226 e. The van der Waals surface area contributed by atoms with E-state index in [-0.39, 0.29) is 6.61 Å². The van der Waals surface area contributed by atoms with Gasteiger partial charge in [0.05, 0.1) is 10.8 Å². The third kappa shape index (κ3) is 3.83. The summed E-state index contributed by atoms with van der Waals surface area (Å²) in [6.07, 6.45) is 0. The zero-order valence-electron chi connectivity index (χ0n) is 12.6. The fourth-order valence-electron chi connectivity index (χ4n) is 1.82. The molecule has 23 heavy (non-hydrogen) atoms. The monoisotopic (exact) mass is 351 g/mol. The number of hydrogen-bond donors (Lipinski definition) is 0. The molecule has 1 aromatic carbocycles. The molecule has 0 bridgehead atoms. The van der Waals surface area contributed by atoms with Crippen molar-refractivity contribution in [3.05, 3.63) is 46.9 Å². The van der Waals surface area contributed by atoms with Gasteiger partial charge in [-0.1, -0.05) is 35.5 Å². The van der Waals surface area contributed by atoms with Gasteiger partial charge in [-0.15, -0.1) is 20.4 Å². The van der Waals surface area contributed by atoms with Gasteiger partial charge in [-0.05, 0) is 12.1 Å². The Labute approximate surface area is 142 Å². The molecule has 0 N–H and O–H groups in total. The Balaban J connectivity index is 1.61. The summed E-state index contributed by atoms with van der Waals surface area (Å²) in [4.78, 5) is 0. The standard InChI is InChI=1S/C14H14ClN5O2S/c1-9-16-18-13(22-9)8-23-14-19-17-12(20(14)2)7-21-11-6-4-3-5-10(11)15/h3-6H,7-8H2,1-2H3. The highest BCUT2D eigenvalue weighted by Gasteiger charge is 2.12. The molecular weight excluding hydrogens is 338 g/mol. The lowest BCUT2D eigenvalue weighted by molar-refractivity contribution is 0.290. The zero-order chi connectivity index (χ0) is 16.2. The normalized spacial score (nSPS) is 10.9. The van der Waals surface area contributed by atoms with Crippen LogP contribution in [0.15, 0.2) is 33.8 Å². The lowest BCUT2D eigenvalue weighted by Crippen LogP contribution is -2.04. The second kappa shape index (κ2) is 7.01. The summed E-state index contributed by atoms with van der Waals surface area (Å²) >= 11 is 7.53. The predicted molar refractivity (Wildman–Crippen MR) is 85.4 cm³/mol. The lowest BCUT2D eigenvalue weighted by atomic mass is 10.3.